The maximum absolute atomic E-state index is 2.69. The van der Waals surface area contributed by atoms with E-state index in [1.54, 1.807) is 0 Å². The molecule has 0 N–H and O–H groups in total. The van der Waals surface area contributed by atoms with E-state index in [0.717, 1.165) is 24.4 Å². The van der Waals surface area contributed by atoms with Gasteiger partial charge in [0.1, 0.15) is 0 Å². The molecule has 5 heterocycles. The molecule has 0 aromatic carbocycles. The molecule has 1 aliphatic carbocycles. The number of piperidine rings is 8. The fourth-order valence-corrected chi connectivity index (χ4v) is 3.92. The highest BCUT2D eigenvalue weighted by Crippen LogP contribution is 2.83. The van der Waals surface area contributed by atoms with Gasteiger partial charge in [-0.15, -0.1) is 0 Å². The van der Waals surface area contributed by atoms with Gasteiger partial charge in [0.25, 0.3) is 0 Å². The molecule has 0 bridgehead atoms. The maximum atomic E-state index is 2.69. The van der Waals surface area contributed by atoms with Crippen molar-refractivity contribution >= 4 is 0 Å². The van der Waals surface area contributed by atoms with Crippen LogP contribution in [0.1, 0.15) is 0 Å². The predicted octanol–water partition coefficient (Wildman–Crippen LogP) is -0.720. The summed E-state index contributed by atoms with van der Waals surface area (Å²) in [6, 6.07) is 2.25. The van der Waals surface area contributed by atoms with Crippen molar-refractivity contribution in [2.75, 3.05) is 0 Å². The van der Waals surface area contributed by atoms with Gasteiger partial charge in [0.05, 0.1) is 12.3 Å². The summed E-state index contributed by atoms with van der Waals surface area (Å²) in [5, 5.41) is 0. The van der Waals surface area contributed by atoms with Gasteiger partial charge >= 0.3 is 0 Å². The van der Waals surface area contributed by atoms with Crippen LogP contribution < -0.4 is 0 Å². The molecule has 2 nitrogen and oxygen atoms in total. The normalized spacial score (nSPS) is 94.5. The predicted molar refractivity (Wildman–Crippen MR) is 25.8 cm³/mol. The first-order valence-corrected chi connectivity index (χ1v) is 3.55. The first-order chi connectivity index (χ1) is 4.00. The Morgan fingerprint density at radius 3 is 1.38 bits per heavy atom. The van der Waals surface area contributed by atoms with Gasteiger partial charge in [0, 0.05) is 23.9 Å². The van der Waals surface area contributed by atoms with Crippen LogP contribution in [-0.2, 0) is 0 Å². The molecule has 5 saturated heterocycles. The molecule has 1 saturated carbocycles. The molecule has 2 heteroatoms. The zero-order chi connectivity index (χ0) is 4.62. The molecular formula is C6H6N2. The second-order valence-corrected chi connectivity index (χ2v) is 3.86. The molecule has 0 amide bonds. The highest BCUT2D eigenvalue weighted by molar-refractivity contribution is 5.47. The Hall–Kier alpha value is -0.0800. The van der Waals surface area contributed by atoms with E-state index >= 15 is 0 Å². The van der Waals surface area contributed by atoms with Gasteiger partial charge in [0.2, 0.25) is 0 Å². The SMILES string of the molecule is C12C3C4C1N1C2N3C41. The fourth-order valence-electron chi connectivity index (χ4n) is 3.92. The molecule has 6 fully saturated rings. The molecule has 0 aromatic heterocycles. The van der Waals surface area contributed by atoms with Gasteiger partial charge in [-0.3, -0.25) is 9.80 Å². The van der Waals surface area contributed by atoms with Gasteiger partial charge in [-0.25, -0.2) is 0 Å². The topological polar surface area (TPSA) is 6.48 Å². The molecular weight excluding hydrogens is 100 g/mol. The van der Waals surface area contributed by atoms with Crippen LogP contribution in [0.2, 0.25) is 0 Å². The average Bonchev–Trinajstić information content (AvgIpc) is 1.90. The van der Waals surface area contributed by atoms with Crippen molar-refractivity contribution in [3.05, 3.63) is 0 Å². The lowest BCUT2D eigenvalue weighted by Crippen LogP contribution is -3.19. The van der Waals surface area contributed by atoms with Crippen LogP contribution in [0.4, 0.5) is 0 Å². The summed E-state index contributed by atoms with van der Waals surface area (Å²) in [7, 11) is 0. The number of hydrogen-bond donors (Lipinski definition) is 0. The summed E-state index contributed by atoms with van der Waals surface area (Å²) in [5.74, 6) is 2.37. The van der Waals surface area contributed by atoms with Crippen molar-refractivity contribution in [2.45, 2.75) is 24.4 Å². The Morgan fingerprint density at radius 1 is 0.750 bits per heavy atom. The maximum Gasteiger partial charge on any atom is 0.0714 e. The highest BCUT2D eigenvalue weighted by Gasteiger charge is 2.97. The Morgan fingerprint density at radius 2 is 1.25 bits per heavy atom. The average molecular weight is 106 g/mol. The molecule has 8 heavy (non-hydrogen) atoms. The lowest BCUT2D eigenvalue weighted by atomic mass is 9.34. The smallest absolute Gasteiger partial charge is 0.0714 e. The first kappa shape index (κ1) is 2.67. The van der Waals surface area contributed by atoms with Crippen molar-refractivity contribution in [2.24, 2.45) is 11.8 Å². The molecule has 6 rings (SSSR count). The van der Waals surface area contributed by atoms with Gasteiger partial charge in [-0.2, -0.15) is 0 Å². The van der Waals surface area contributed by atoms with E-state index in [1.807, 2.05) is 0 Å². The number of nitrogens with zero attached hydrogens (tertiary/aromatic N) is 2. The summed E-state index contributed by atoms with van der Waals surface area (Å²) in [4.78, 5) is 5.38. The van der Waals surface area contributed by atoms with E-state index in [9.17, 15) is 0 Å². The zero-order valence-electron chi connectivity index (χ0n) is 4.36. The van der Waals surface area contributed by atoms with Gasteiger partial charge in [0.15, 0.2) is 0 Å². The molecule has 0 aromatic rings. The third kappa shape index (κ3) is 0.0624. The molecule has 5 aliphatic heterocycles. The van der Waals surface area contributed by atoms with Crippen LogP contribution >= 0.6 is 0 Å². The third-order valence-electron chi connectivity index (χ3n) is 4.18. The summed E-state index contributed by atoms with van der Waals surface area (Å²) in [6.07, 6.45) is 2.00. The highest BCUT2D eigenvalue weighted by atomic mass is 15.8. The zero-order valence-corrected chi connectivity index (χ0v) is 4.36. The van der Waals surface area contributed by atoms with E-state index in [2.05, 4.69) is 9.80 Å². The van der Waals surface area contributed by atoms with Crippen LogP contribution in [0.5, 0.6) is 0 Å². The monoisotopic (exact) mass is 106 g/mol. The van der Waals surface area contributed by atoms with Gasteiger partial charge in [-0.05, 0) is 0 Å². The van der Waals surface area contributed by atoms with Crippen molar-refractivity contribution in [1.82, 2.24) is 9.80 Å². The second kappa shape index (κ2) is 0.424. The van der Waals surface area contributed by atoms with Crippen molar-refractivity contribution in [1.29, 1.82) is 0 Å². The Bertz CT molecular complexity index is 117. The summed E-state index contributed by atoms with van der Waals surface area (Å²) in [6.45, 7) is 0. The fraction of sp³-hybridized carbons (Fsp3) is 1.00. The van der Waals surface area contributed by atoms with E-state index in [0.29, 0.717) is 0 Å². The quantitative estimate of drug-likeness (QED) is 0.402. The molecule has 0 atom stereocenters. The van der Waals surface area contributed by atoms with Crippen LogP contribution in [0.15, 0.2) is 0 Å². The minimum Gasteiger partial charge on any atom is -0.267 e. The van der Waals surface area contributed by atoms with Gasteiger partial charge < -0.3 is 0 Å². The summed E-state index contributed by atoms with van der Waals surface area (Å²) in [5.41, 5.74) is 0. The Labute approximate surface area is 47.1 Å². The minimum atomic E-state index is 1.000. The molecule has 40 valence electrons. The second-order valence-electron chi connectivity index (χ2n) is 3.86. The molecule has 0 radical (unpaired) electrons. The van der Waals surface area contributed by atoms with Crippen LogP contribution in [0, 0.1) is 11.8 Å². The van der Waals surface area contributed by atoms with Crippen molar-refractivity contribution < 1.29 is 0 Å². The minimum absolute atomic E-state index is 1.000. The van der Waals surface area contributed by atoms with Crippen LogP contribution in [0.3, 0.4) is 0 Å². The van der Waals surface area contributed by atoms with E-state index < -0.39 is 0 Å². The lowest BCUT2D eigenvalue weighted by Gasteiger charge is -3.04. The lowest BCUT2D eigenvalue weighted by molar-refractivity contribution is -0.599. The Balaban J connectivity index is 2.00. The third-order valence-corrected chi connectivity index (χ3v) is 4.18. The molecule has 0 unspecified atom stereocenters. The van der Waals surface area contributed by atoms with Crippen molar-refractivity contribution in [3.8, 4) is 0 Å². The Kier molecular flexibility index (Phi) is 0.141. The first-order valence-electron chi connectivity index (χ1n) is 3.55. The van der Waals surface area contributed by atoms with E-state index in [1.165, 1.54) is 11.8 Å². The molecule has 0 spiro atoms. The van der Waals surface area contributed by atoms with Crippen LogP contribution in [0.25, 0.3) is 0 Å². The van der Waals surface area contributed by atoms with Gasteiger partial charge in [-0.1, -0.05) is 0 Å². The standard InChI is InChI=1S/C6H6N2/c1-3-2-4(1)8-5(1)7(3)6(2)8/h1-6H. The summed E-state index contributed by atoms with van der Waals surface area (Å²) < 4.78 is 0. The number of hydrogen-bond acceptors (Lipinski definition) is 2. The molecule has 6 aliphatic rings. The van der Waals surface area contributed by atoms with E-state index in [-0.39, 0.29) is 0 Å². The van der Waals surface area contributed by atoms with E-state index in [4.69, 9.17) is 0 Å². The largest absolute Gasteiger partial charge is 0.267 e. The van der Waals surface area contributed by atoms with Crippen LogP contribution in [-0.4, -0.2) is 34.2 Å². The summed E-state index contributed by atoms with van der Waals surface area (Å²) >= 11 is 0. The van der Waals surface area contributed by atoms with Crippen molar-refractivity contribution in [3.63, 3.8) is 0 Å². The number of rotatable bonds is 0.